The van der Waals surface area contributed by atoms with E-state index in [0.717, 1.165) is 24.1 Å². The highest BCUT2D eigenvalue weighted by molar-refractivity contribution is 5.85. The van der Waals surface area contributed by atoms with Gasteiger partial charge in [-0.2, -0.15) is 0 Å². The van der Waals surface area contributed by atoms with Gasteiger partial charge in [-0.15, -0.1) is 0 Å². The van der Waals surface area contributed by atoms with Crippen LogP contribution in [0.15, 0.2) is 60.7 Å². The Morgan fingerprint density at radius 2 is 1.46 bits per heavy atom. The van der Waals surface area contributed by atoms with E-state index in [0.29, 0.717) is 17.7 Å². The summed E-state index contributed by atoms with van der Waals surface area (Å²) in [4.78, 5) is 12.9. The first-order valence-electron chi connectivity index (χ1n) is 8.89. The van der Waals surface area contributed by atoms with Crippen LogP contribution < -0.4 is 24.0 Å². The largest absolute Gasteiger partial charge is 1.00 e. The molecule has 1 fully saturated rings. The van der Waals surface area contributed by atoms with Crippen molar-refractivity contribution in [2.24, 2.45) is 0 Å². The summed E-state index contributed by atoms with van der Waals surface area (Å²) in [6, 6.07) is 18.0. The highest BCUT2D eigenvalue weighted by atomic mass is 127. The Morgan fingerprint density at radius 1 is 1.00 bits per heavy atom. The van der Waals surface area contributed by atoms with Gasteiger partial charge in [0, 0.05) is 12.8 Å². The molecule has 1 aliphatic heterocycles. The average Bonchev–Trinajstić information content (AvgIpc) is 3.09. The van der Waals surface area contributed by atoms with Gasteiger partial charge in [-0.3, -0.25) is 0 Å². The van der Waals surface area contributed by atoms with E-state index in [-0.39, 0.29) is 24.0 Å². The molecule has 5 heteroatoms. The predicted octanol–water partition coefficient (Wildman–Crippen LogP) is -0.290. The van der Waals surface area contributed by atoms with E-state index >= 15 is 0 Å². The molecule has 1 saturated heterocycles. The third kappa shape index (κ3) is 4.45. The zero-order valence-electron chi connectivity index (χ0n) is 15.1. The Hall–Kier alpha value is -1.44. The highest BCUT2D eigenvalue weighted by Crippen LogP contribution is 2.31. The lowest BCUT2D eigenvalue weighted by Crippen LogP contribution is -3.00. The monoisotopic (exact) mass is 467 g/mol. The SMILES string of the molecule is C[N+]1(CCOC(=O)C(O)(c2ccccc2)c2ccccc2)CCCC1.[I-]. The second kappa shape index (κ2) is 8.97. The van der Waals surface area contributed by atoms with Gasteiger partial charge in [0.2, 0.25) is 5.60 Å². The van der Waals surface area contributed by atoms with Gasteiger partial charge >= 0.3 is 5.97 Å². The molecule has 0 amide bonds. The Bertz CT molecular complexity index is 660. The van der Waals surface area contributed by atoms with Crippen LogP contribution in [0.3, 0.4) is 0 Å². The fourth-order valence-electron chi connectivity index (χ4n) is 3.55. The lowest BCUT2D eigenvalue weighted by atomic mass is 9.86. The summed E-state index contributed by atoms with van der Waals surface area (Å²) in [5.74, 6) is -0.615. The highest BCUT2D eigenvalue weighted by Gasteiger charge is 2.42. The number of hydrogen-bond acceptors (Lipinski definition) is 3. The number of benzene rings is 2. The minimum Gasteiger partial charge on any atom is -1.00 e. The number of quaternary nitrogens is 1. The number of likely N-dealkylation sites (tertiary alicyclic amines) is 1. The molecule has 1 heterocycles. The van der Waals surface area contributed by atoms with Crippen LogP contribution in [-0.4, -0.2) is 48.8 Å². The molecule has 0 unspecified atom stereocenters. The third-order valence-electron chi connectivity index (χ3n) is 5.19. The molecule has 2 aromatic carbocycles. The van der Waals surface area contributed by atoms with Gasteiger partial charge in [0.25, 0.3) is 0 Å². The average molecular weight is 467 g/mol. The number of ether oxygens (including phenoxy) is 1. The molecule has 0 atom stereocenters. The fourth-order valence-corrected chi connectivity index (χ4v) is 3.55. The van der Waals surface area contributed by atoms with Gasteiger partial charge in [0.1, 0.15) is 13.2 Å². The summed E-state index contributed by atoms with van der Waals surface area (Å²) < 4.78 is 6.47. The molecule has 3 rings (SSSR count). The molecule has 1 aliphatic rings. The first-order valence-corrected chi connectivity index (χ1v) is 8.89. The molecule has 4 nitrogen and oxygen atoms in total. The summed E-state index contributed by atoms with van der Waals surface area (Å²) in [5, 5.41) is 11.3. The first kappa shape index (κ1) is 20.9. The number of halogens is 1. The first-order chi connectivity index (χ1) is 12.0. The van der Waals surface area contributed by atoms with Crippen LogP contribution in [0.2, 0.25) is 0 Å². The minimum absolute atomic E-state index is 0. The second-order valence-electron chi connectivity index (χ2n) is 7.08. The van der Waals surface area contributed by atoms with Crippen LogP contribution in [-0.2, 0) is 15.1 Å². The summed E-state index contributed by atoms with van der Waals surface area (Å²) in [7, 11) is 2.20. The number of likely N-dealkylation sites (N-methyl/N-ethyl adjacent to an activating group) is 1. The maximum absolute atomic E-state index is 12.9. The molecule has 0 aromatic heterocycles. The summed E-state index contributed by atoms with van der Waals surface area (Å²) >= 11 is 0. The lowest BCUT2D eigenvalue weighted by molar-refractivity contribution is -0.897. The van der Waals surface area contributed by atoms with Crippen LogP contribution in [0.1, 0.15) is 24.0 Å². The van der Waals surface area contributed by atoms with Crippen LogP contribution in [0.4, 0.5) is 0 Å². The molecule has 0 saturated carbocycles. The molecule has 0 spiro atoms. The van der Waals surface area contributed by atoms with Crippen molar-refractivity contribution in [2.75, 3.05) is 33.3 Å². The molecule has 0 bridgehead atoms. The molecule has 1 N–H and O–H groups in total. The summed E-state index contributed by atoms with van der Waals surface area (Å²) in [6.07, 6.45) is 2.45. The Balaban J connectivity index is 0.00000243. The van der Waals surface area contributed by atoms with E-state index in [4.69, 9.17) is 4.74 Å². The number of hydrogen-bond donors (Lipinski definition) is 1. The van der Waals surface area contributed by atoms with Crippen LogP contribution in [0.5, 0.6) is 0 Å². The van der Waals surface area contributed by atoms with Gasteiger partial charge in [-0.25, -0.2) is 4.79 Å². The smallest absolute Gasteiger partial charge is 0.347 e. The van der Waals surface area contributed by atoms with Gasteiger partial charge in [0.05, 0.1) is 20.1 Å². The zero-order chi connectivity index (χ0) is 17.8. The normalized spacial score (nSPS) is 15.9. The fraction of sp³-hybridized carbons (Fsp3) is 0.381. The van der Waals surface area contributed by atoms with E-state index in [2.05, 4.69) is 7.05 Å². The topological polar surface area (TPSA) is 46.5 Å². The Kier molecular flexibility index (Phi) is 7.20. The van der Waals surface area contributed by atoms with Crippen molar-refractivity contribution in [3.8, 4) is 0 Å². The zero-order valence-corrected chi connectivity index (χ0v) is 17.3. The van der Waals surface area contributed by atoms with Crippen molar-refractivity contribution < 1.29 is 43.1 Å². The molecule has 2 aromatic rings. The van der Waals surface area contributed by atoms with Crippen molar-refractivity contribution in [1.29, 1.82) is 0 Å². The van der Waals surface area contributed by atoms with Crippen molar-refractivity contribution >= 4 is 5.97 Å². The lowest BCUT2D eigenvalue weighted by Gasteiger charge is -2.30. The Labute approximate surface area is 172 Å². The molecular weight excluding hydrogens is 441 g/mol. The molecule has 140 valence electrons. The van der Waals surface area contributed by atoms with E-state index in [1.54, 1.807) is 24.3 Å². The number of carbonyl (C=O) groups excluding carboxylic acids is 1. The van der Waals surface area contributed by atoms with Gasteiger partial charge in [-0.1, -0.05) is 60.7 Å². The van der Waals surface area contributed by atoms with Crippen molar-refractivity contribution in [3.05, 3.63) is 71.8 Å². The van der Waals surface area contributed by atoms with Crippen LogP contribution in [0.25, 0.3) is 0 Å². The van der Waals surface area contributed by atoms with E-state index in [1.165, 1.54) is 12.8 Å². The number of aliphatic hydroxyl groups is 1. The third-order valence-corrected chi connectivity index (χ3v) is 5.19. The molecule has 26 heavy (non-hydrogen) atoms. The summed E-state index contributed by atoms with van der Waals surface area (Å²) in [5.41, 5.74) is -0.743. The predicted molar refractivity (Wildman–Crippen MR) is 96.9 cm³/mol. The van der Waals surface area contributed by atoms with Crippen LogP contribution >= 0.6 is 0 Å². The maximum Gasteiger partial charge on any atom is 0.347 e. The van der Waals surface area contributed by atoms with Gasteiger partial charge < -0.3 is 38.3 Å². The number of rotatable bonds is 6. The minimum atomic E-state index is -1.79. The number of nitrogens with zero attached hydrogens (tertiary/aromatic N) is 1. The second-order valence-corrected chi connectivity index (χ2v) is 7.08. The molecule has 0 radical (unpaired) electrons. The Morgan fingerprint density at radius 3 is 1.92 bits per heavy atom. The van der Waals surface area contributed by atoms with E-state index in [1.807, 2.05) is 36.4 Å². The van der Waals surface area contributed by atoms with Gasteiger partial charge in [-0.05, 0) is 11.1 Å². The van der Waals surface area contributed by atoms with Crippen molar-refractivity contribution in [2.45, 2.75) is 18.4 Å². The van der Waals surface area contributed by atoms with Crippen LogP contribution in [0, 0.1) is 0 Å². The van der Waals surface area contributed by atoms with Crippen molar-refractivity contribution in [3.63, 3.8) is 0 Å². The van der Waals surface area contributed by atoms with E-state index in [9.17, 15) is 9.90 Å². The number of esters is 1. The molecule has 0 aliphatic carbocycles. The van der Waals surface area contributed by atoms with Crippen molar-refractivity contribution in [1.82, 2.24) is 0 Å². The van der Waals surface area contributed by atoms with E-state index < -0.39 is 11.6 Å². The molecular formula is C21H26INO3. The summed E-state index contributed by atoms with van der Waals surface area (Å²) in [6.45, 7) is 3.35. The van der Waals surface area contributed by atoms with Gasteiger partial charge in [0.15, 0.2) is 0 Å². The quantitative estimate of drug-likeness (QED) is 0.361. The maximum atomic E-state index is 12.9. The number of carbonyl (C=O) groups is 1. The standard InChI is InChI=1S/C21H26NO3.HI/c1-22(14-8-9-15-22)16-17-25-20(23)21(24,18-10-4-2-5-11-18)19-12-6-3-7-13-19;/h2-7,10-13,24H,8-9,14-17H2,1H3;1H/q+1;/p-1.